The van der Waals surface area contributed by atoms with Crippen LogP contribution in [0.1, 0.15) is 26.3 Å². The minimum atomic E-state index is 0.323. The standard InChI is InChI=1S/C14H23NO2/c1-4-15-12(3)10-13-6-8-14(9-7-13)17-11-16-5-2/h6-9,12,15H,4-5,10-11H2,1-3H3. The number of likely N-dealkylation sites (N-methyl/N-ethyl adjacent to an activating group) is 1. The zero-order valence-electron chi connectivity index (χ0n) is 11.0. The van der Waals surface area contributed by atoms with Crippen molar-refractivity contribution in [2.24, 2.45) is 0 Å². The van der Waals surface area contributed by atoms with Gasteiger partial charge in [-0.15, -0.1) is 0 Å². The SMILES string of the molecule is CCNC(C)Cc1ccc(OCOCC)cc1. The third-order valence-corrected chi connectivity index (χ3v) is 2.53. The van der Waals surface area contributed by atoms with Crippen LogP contribution in [0.4, 0.5) is 0 Å². The zero-order chi connectivity index (χ0) is 12.5. The highest BCUT2D eigenvalue weighted by atomic mass is 16.7. The molecule has 3 heteroatoms. The van der Waals surface area contributed by atoms with Crippen LogP contribution in [-0.4, -0.2) is 26.0 Å². The van der Waals surface area contributed by atoms with Crippen LogP contribution in [0.25, 0.3) is 0 Å². The molecular formula is C14H23NO2. The maximum Gasteiger partial charge on any atom is 0.189 e. The molecule has 1 aromatic carbocycles. The average Bonchev–Trinajstić information content (AvgIpc) is 2.32. The van der Waals surface area contributed by atoms with Crippen LogP contribution in [0.3, 0.4) is 0 Å². The van der Waals surface area contributed by atoms with Crippen LogP contribution in [0, 0.1) is 0 Å². The summed E-state index contributed by atoms with van der Waals surface area (Å²) in [5.41, 5.74) is 1.32. The Morgan fingerprint density at radius 1 is 1.18 bits per heavy atom. The number of rotatable bonds is 8. The van der Waals surface area contributed by atoms with Crippen molar-refractivity contribution < 1.29 is 9.47 Å². The highest BCUT2D eigenvalue weighted by molar-refractivity contribution is 5.27. The first-order valence-corrected chi connectivity index (χ1v) is 6.29. The summed E-state index contributed by atoms with van der Waals surface area (Å²) in [6.45, 7) is 8.29. The lowest BCUT2D eigenvalue weighted by atomic mass is 10.1. The summed E-state index contributed by atoms with van der Waals surface area (Å²) in [7, 11) is 0. The van der Waals surface area contributed by atoms with E-state index in [0.717, 1.165) is 18.7 Å². The minimum absolute atomic E-state index is 0.323. The van der Waals surface area contributed by atoms with Gasteiger partial charge in [-0.3, -0.25) is 0 Å². The fraction of sp³-hybridized carbons (Fsp3) is 0.571. The molecule has 0 amide bonds. The molecule has 0 heterocycles. The normalized spacial score (nSPS) is 12.4. The Labute approximate surface area is 104 Å². The Kier molecular flexibility index (Phi) is 6.67. The van der Waals surface area contributed by atoms with Crippen molar-refractivity contribution in [3.63, 3.8) is 0 Å². The Morgan fingerprint density at radius 3 is 2.47 bits per heavy atom. The van der Waals surface area contributed by atoms with E-state index in [4.69, 9.17) is 9.47 Å². The monoisotopic (exact) mass is 237 g/mol. The van der Waals surface area contributed by atoms with Gasteiger partial charge < -0.3 is 14.8 Å². The van der Waals surface area contributed by atoms with E-state index in [9.17, 15) is 0 Å². The first-order chi connectivity index (χ1) is 8.26. The van der Waals surface area contributed by atoms with Gasteiger partial charge in [-0.05, 0) is 44.5 Å². The third kappa shape index (κ3) is 5.71. The summed E-state index contributed by atoms with van der Waals surface area (Å²) >= 11 is 0. The lowest BCUT2D eigenvalue weighted by Gasteiger charge is -2.12. The molecule has 0 fully saturated rings. The van der Waals surface area contributed by atoms with Crippen molar-refractivity contribution in [2.75, 3.05) is 19.9 Å². The Balaban J connectivity index is 2.39. The summed E-state index contributed by atoms with van der Waals surface area (Å²) in [5.74, 6) is 0.860. The molecule has 0 aromatic heterocycles. The lowest BCUT2D eigenvalue weighted by molar-refractivity contribution is 0.0224. The Bertz CT molecular complexity index is 298. The van der Waals surface area contributed by atoms with Gasteiger partial charge in [-0.25, -0.2) is 0 Å². The quantitative estimate of drug-likeness (QED) is 0.557. The summed E-state index contributed by atoms with van der Waals surface area (Å²) in [6, 6.07) is 8.71. The fourth-order valence-corrected chi connectivity index (χ4v) is 1.69. The number of hydrogen-bond acceptors (Lipinski definition) is 3. The molecule has 0 saturated carbocycles. The van der Waals surface area contributed by atoms with Crippen LogP contribution in [0.5, 0.6) is 5.75 Å². The molecule has 17 heavy (non-hydrogen) atoms. The second kappa shape index (κ2) is 8.09. The Morgan fingerprint density at radius 2 is 1.88 bits per heavy atom. The fourth-order valence-electron chi connectivity index (χ4n) is 1.69. The molecular weight excluding hydrogens is 214 g/mol. The zero-order valence-corrected chi connectivity index (χ0v) is 11.0. The predicted octanol–water partition coefficient (Wildman–Crippen LogP) is 2.60. The van der Waals surface area contributed by atoms with Gasteiger partial charge in [0.1, 0.15) is 5.75 Å². The van der Waals surface area contributed by atoms with Gasteiger partial charge in [0, 0.05) is 12.6 Å². The molecule has 1 N–H and O–H groups in total. The molecule has 1 rings (SSSR count). The first kappa shape index (κ1) is 14.0. The summed E-state index contributed by atoms with van der Waals surface area (Å²) in [4.78, 5) is 0. The van der Waals surface area contributed by atoms with Crippen molar-refractivity contribution >= 4 is 0 Å². The third-order valence-electron chi connectivity index (χ3n) is 2.53. The number of nitrogens with one attached hydrogen (secondary N) is 1. The largest absolute Gasteiger partial charge is 0.468 e. The number of ether oxygens (including phenoxy) is 2. The van der Waals surface area contributed by atoms with Crippen LogP contribution < -0.4 is 10.1 Å². The lowest BCUT2D eigenvalue weighted by Crippen LogP contribution is -2.27. The molecule has 1 unspecified atom stereocenters. The van der Waals surface area contributed by atoms with E-state index in [1.54, 1.807) is 0 Å². The molecule has 0 aliphatic rings. The topological polar surface area (TPSA) is 30.5 Å². The highest BCUT2D eigenvalue weighted by Gasteiger charge is 2.02. The maximum atomic E-state index is 5.42. The number of benzene rings is 1. The van der Waals surface area contributed by atoms with Gasteiger partial charge in [-0.2, -0.15) is 0 Å². The van der Waals surface area contributed by atoms with Crippen molar-refractivity contribution in [1.82, 2.24) is 5.32 Å². The van der Waals surface area contributed by atoms with E-state index in [-0.39, 0.29) is 0 Å². The van der Waals surface area contributed by atoms with Gasteiger partial charge in [0.05, 0.1) is 0 Å². The van der Waals surface area contributed by atoms with E-state index in [1.165, 1.54) is 5.56 Å². The number of hydrogen-bond donors (Lipinski definition) is 1. The molecule has 0 aliphatic carbocycles. The predicted molar refractivity (Wildman–Crippen MR) is 70.4 cm³/mol. The van der Waals surface area contributed by atoms with E-state index in [2.05, 4.69) is 31.3 Å². The molecule has 0 spiro atoms. The van der Waals surface area contributed by atoms with Crippen molar-refractivity contribution in [2.45, 2.75) is 33.2 Å². The van der Waals surface area contributed by atoms with Crippen LogP contribution >= 0.6 is 0 Å². The highest BCUT2D eigenvalue weighted by Crippen LogP contribution is 2.13. The van der Waals surface area contributed by atoms with Gasteiger partial charge in [0.25, 0.3) is 0 Å². The van der Waals surface area contributed by atoms with Crippen molar-refractivity contribution in [1.29, 1.82) is 0 Å². The molecule has 0 radical (unpaired) electrons. The minimum Gasteiger partial charge on any atom is -0.468 e. The molecule has 0 bridgehead atoms. The van der Waals surface area contributed by atoms with E-state index in [1.807, 2.05) is 19.1 Å². The van der Waals surface area contributed by atoms with E-state index >= 15 is 0 Å². The molecule has 0 aliphatic heterocycles. The average molecular weight is 237 g/mol. The summed E-state index contributed by atoms with van der Waals surface area (Å²) < 4.78 is 10.5. The van der Waals surface area contributed by atoms with Gasteiger partial charge >= 0.3 is 0 Å². The molecule has 96 valence electrons. The second-order valence-corrected chi connectivity index (χ2v) is 4.06. The van der Waals surface area contributed by atoms with Crippen LogP contribution in [0.15, 0.2) is 24.3 Å². The summed E-state index contributed by atoms with van der Waals surface area (Å²) in [6.07, 6.45) is 1.04. The summed E-state index contributed by atoms with van der Waals surface area (Å²) in [5, 5.41) is 3.40. The Hall–Kier alpha value is -1.06. The van der Waals surface area contributed by atoms with Gasteiger partial charge in [0.15, 0.2) is 6.79 Å². The smallest absolute Gasteiger partial charge is 0.189 e. The van der Waals surface area contributed by atoms with Gasteiger partial charge in [-0.1, -0.05) is 19.1 Å². The van der Waals surface area contributed by atoms with E-state index in [0.29, 0.717) is 19.4 Å². The maximum absolute atomic E-state index is 5.42. The van der Waals surface area contributed by atoms with Gasteiger partial charge in [0.2, 0.25) is 0 Å². The van der Waals surface area contributed by atoms with Crippen molar-refractivity contribution in [3.05, 3.63) is 29.8 Å². The first-order valence-electron chi connectivity index (χ1n) is 6.29. The second-order valence-electron chi connectivity index (χ2n) is 4.06. The van der Waals surface area contributed by atoms with Crippen molar-refractivity contribution in [3.8, 4) is 5.75 Å². The molecule has 1 atom stereocenters. The molecule has 1 aromatic rings. The molecule has 0 saturated heterocycles. The van der Waals surface area contributed by atoms with Crippen LogP contribution in [0.2, 0.25) is 0 Å². The van der Waals surface area contributed by atoms with Crippen LogP contribution in [-0.2, 0) is 11.2 Å². The molecule has 3 nitrogen and oxygen atoms in total. The van der Waals surface area contributed by atoms with E-state index < -0.39 is 0 Å².